The highest BCUT2D eigenvalue weighted by Crippen LogP contribution is 2.32. The fourth-order valence-corrected chi connectivity index (χ4v) is 5.08. The Bertz CT molecular complexity index is 1140. The Morgan fingerprint density at radius 2 is 1.79 bits per heavy atom. The van der Waals surface area contributed by atoms with Gasteiger partial charge in [-0.15, -0.1) is 0 Å². The third kappa shape index (κ3) is 5.45. The molecule has 0 saturated carbocycles. The molecule has 2 aromatic rings. The van der Waals surface area contributed by atoms with Gasteiger partial charge >= 0.3 is 5.97 Å². The van der Waals surface area contributed by atoms with Crippen LogP contribution in [-0.2, 0) is 26.1 Å². The van der Waals surface area contributed by atoms with Crippen LogP contribution in [0.5, 0.6) is 11.5 Å². The van der Waals surface area contributed by atoms with Gasteiger partial charge in [0, 0.05) is 19.6 Å². The molecule has 1 amide bonds. The molecule has 0 aliphatic carbocycles. The molecule has 1 atom stereocenters. The molecule has 9 nitrogen and oxygen atoms in total. The maximum atomic E-state index is 12.9. The Labute approximate surface area is 193 Å². The first kappa shape index (κ1) is 24.5. The van der Waals surface area contributed by atoms with Gasteiger partial charge in [-0.25, -0.2) is 13.2 Å². The number of sulfonamides is 1. The van der Waals surface area contributed by atoms with Gasteiger partial charge in [0.1, 0.15) is 0 Å². The summed E-state index contributed by atoms with van der Waals surface area (Å²) in [7, 11) is -3.75. The number of nitrogens with zero attached hydrogens (tertiary/aromatic N) is 1. The predicted octanol–water partition coefficient (Wildman–Crippen LogP) is 2.62. The van der Waals surface area contributed by atoms with E-state index in [-0.39, 0.29) is 23.8 Å². The number of carbonyl (C=O) groups excluding carboxylic acids is 2. The molecule has 2 aromatic carbocycles. The number of hydrogen-bond donors (Lipinski definition) is 1. The van der Waals surface area contributed by atoms with Crippen molar-refractivity contribution < 1.29 is 32.2 Å². The lowest BCUT2D eigenvalue weighted by atomic mass is 10.1. The van der Waals surface area contributed by atoms with E-state index in [0.717, 1.165) is 5.56 Å². The minimum atomic E-state index is -3.75. The molecule has 1 N–H and O–H groups in total. The van der Waals surface area contributed by atoms with E-state index in [1.165, 1.54) is 23.4 Å². The van der Waals surface area contributed by atoms with Crippen molar-refractivity contribution in [2.24, 2.45) is 0 Å². The Kier molecular flexibility index (Phi) is 7.60. The molecule has 0 saturated heterocycles. The Balaban J connectivity index is 1.65. The molecule has 178 valence electrons. The topological polar surface area (TPSA) is 111 Å². The largest absolute Gasteiger partial charge is 0.454 e. The zero-order valence-electron chi connectivity index (χ0n) is 19.1. The molecular weight excluding hydrogens is 448 g/mol. The number of aryl methyl sites for hydroxylation is 1. The standard InChI is InChI=1S/C23H28N2O7S/c1-5-25(6-2)33(28,29)21-12-18(9-7-15(21)3)23(27)32-16(4)22(26)24-13-17-8-10-19-20(11-17)31-14-30-19/h7-12,16H,5-6,13-14H2,1-4H3,(H,24,26)/t16-/m0/s1. The number of amides is 1. The van der Waals surface area contributed by atoms with E-state index in [1.807, 2.05) is 0 Å². The van der Waals surface area contributed by atoms with Crippen LogP contribution in [0.3, 0.4) is 0 Å². The van der Waals surface area contributed by atoms with Crippen LogP contribution < -0.4 is 14.8 Å². The molecule has 1 aliphatic heterocycles. The third-order valence-corrected chi connectivity index (χ3v) is 7.50. The van der Waals surface area contributed by atoms with Gasteiger partial charge in [0.2, 0.25) is 16.8 Å². The molecule has 0 spiro atoms. The highest BCUT2D eigenvalue weighted by atomic mass is 32.2. The van der Waals surface area contributed by atoms with Crippen LogP contribution in [0.15, 0.2) is 41.3 Å². The number of hydrogen-bond acceptors (Lipinski definition) is 7. The summed E-state index contributed by atoms with van der Waals surface area (Å²) in [5.41, 5.74) is 1.38. The monoisotopic (exact) mass is 476 g/mol. The second-order valence-corrected chi connectivity index (χ2v) is 9.43. The van der Waals surface area contributed by atoms with Crippen LogP contribution in [0.2, 0.25) is 0 Å². The third-order valence-electron chi connectivity index (χ3n) is 5.30. The number of esters is 1. The zero-order valence-corrected chi connectivity index (χ0v) is 19.9. The van der Waals surface area contributed by atoms with E-state index >= 15 is 0 Å². The first-order valence-electron chi connectivity index (χ1n) is 10.6. The lowest BCUT2D eigenvalue weighted by molar-refractivity contribution is -0.129. The van der Waals surface area contributed by atoms with Gasteiger partial charge in [0.05, 0.1) is 10.5 Å². The average molecular weight is 477 g/mol. The van der Waals surface area contributed by atoms with E-state index in [9.17, 15) is 18.0 Å². The molecule has 0 fully saturated rings. The molecule has 33 heavy (non-hydrogen) atoms. The van der Waals surface area contributed by atoms with Crippen LogP contribution in [0.4, 0.5) is 0 Å². The molecule has 0 unspecified atom stereocenters. The first-order valence-corrected chi connectivity index (χ1v) is 12.1. The maximum Gasteiger partial charge on any atom is 0.338 e. The Hall–Kier alpha value is -3.11. The Morgan fingerprint density at radius 1 is 1.09 bits per heavy atom. The van der Waals surface area contributed by atoms with Crippen molar-refractivity contribution in [2.75, 3.05) is 19.9 Å². The summed E-state index contributed by atoms with van der Waals surface area (Å²) >= 11 is 0. The lowest BCUT2D eigenvalue weighted by Crippen LogP contribution is -2.35. The number of fused-ring (bicyclic) bond motifs is 1. The van der Waals surface area contributed by atoms with Gasteiger partial charge < -0.3 is 19.5 Å². The smallest absolute Gasteiger partial charge is 0.338 e. The van der Waals surface area contributed by atoms with Gasteiger partial charge in [0.15, 0.2) is 17.6 Å². The SMILES string of the molecule is CCN(CC)S(=O)(=O)c1cc(C(=O)O[C@@H](C)C(=O)NCc2ccc3c(c2)OCO3)ccc1C. The van der Waals surface area contributed by atoms with Gasteiger partial charge in [-0.3, -0.25) is 4.79 Å². The summed E-state index contributed by atoms with van der Waals surface area (Å²) in [5.74, 6) is -0.00949. The van der Waals surface area contributed by atoms with E-state index in [4.69, 9.17) is 14.2 Å². The van der Waals surface area contributed by atoms with E-state index in [2.05, 4.69) is 5.32 Å². The summed E-state index contributed by atoms with van der Waals surface area (Å²) in [6, 6.07) is 9.66. The molecule has 10 heteroatoms. The Morgan fingerprint density at radius 3 is 2.48 bits per heavy atom. The summed E-state index contributed by atoms with van der Waals surface area (Å²) < 4.78 is 43.0. The molecule has 1 aliphatic rings. The summed E-state index contributed by atoms with van der Waals surface area (Å²) in [6.45, 7) is 7.62. The van der Waals surface area contributed by atoms with Crippen LogP contribution in [0.1, 0.15) is 42.3 Å². The van der Waals surface area contributed by atoms with Gasteiger partial charge in [-0.05, 0) is 49.2 Å². The van der Waals surface area contributed by atoms with Gasteiger partial charge in [-0.2, -0.15) is 4.31 Å². The number of nitrogens with one attached hydrogen (secondary N) is 1. The van der Waals surface area contributed by atoms with Crippen molar-refractivity contribution in [2.45, 2.75) is 45.2 Å². The van der Waals surface area contributed by atoms with Gasteiger partial charge in [0.25, 0.3) is 5.91 Å². The molecule has 0 radical (unpaired) electrons. The van der Waals surface area contributed by atoms with Crippen molar-refractivity contribution in [3.05, 3.63) is 53.1 Å². The highest BCUT2D eigenvalue weighted by Gasteiger charge is 2.26. The first-order chi connectivity index (χ1) is 15.7. The number of rotatable bonds is 9. The minimum Gasteiger partial charge on any atom is -0.454 e. The minimum absolute atomic E-state index is 0.0422. The predicted molar refractivity (Wildman–Crippen MR) is 121 cm³/mol. The average Bonchev–Trinajstić information content (AvgIpc) is 3.26. The van der Waals surface area contributed by atoms with Crippen LogP contribution >= 0.6 is 0 Å². The highest BCUT2D eigenvalue weighted by molar-refractivity contribution is 7.89. The molecular formula is C23H28N2O7S. The maximum absolute atomic E-state index is 12.9. The molecule has 1 heterocycles. The number of carbonyl (C=O) groups is 2. The number of benzene rings is 2. The lowest BCUT2D eigenvalue weighted by Gasteiger charge is -2.20. The molecule has 0 bridgehead atoms. The van der Waals surface area contributed by atoms with Gasteiger partial charge in [-0.1, -0.05) is 26.0 Å². The molecule has 0 aromatic heterocycles. The summed E-state index contributed by atoms with van der Waals surface area (Å²) in [6.07, 6.45) is -1.07. The summed E-state index contributed by atoms with van der Waals surface area (Å²) in [5, 5.41) is 2.71. The van der Waals surface area contributed by atoms with Crippen molar-refractivity contribution in [3.8, 4) is 11.5 Å². The quantitative estimate of drug-likeness (QED) is 0.554. The van der Waals surface area contributed by atoms with Crippen LogP contribution in [0, 0.1) is 6.92 Å². The van der Waals surface area contributed by atoms with Crippen LogP contribution in [-0.4, -0.2) is 50.6 Å². The van der Waals surface area contributed by atoms with Crippen molar-refractivity contribution in [3.63, 3.8) is 0 Å². The zero-order chi connectivity index (χ0) is 24.2. The van der Waals surface area contributed by atoms with E-state index in [0.29, 0.717) is 30.2 Å². The molecule has 3 rings (SSSR count). The second kappa shape index (κ2) is 10.2. The van der Waals surface area contributed by atoms with E-state index < -0.39 is 28.0 Å². The van der Waals surface area contributed by atoms with Crippen molar-refractivity contribution in [1.82, 2.24) is 9.62 Å². The number of ether oxygens (including phenoxy) is 3. The second-order valence-electron chi connectivity index (χ2n) is 7.52. The van der Waals surface area contributed by atoms with Crippen molar-refractivity contribution in [1.29, 1.82) is 0 Å². The summed E-state index contributed by atoms with van der Waals surface area (Å²) in [4.78, 5) is 25.1. The normalized spacial score (nSPS) is 13.6. The fraction of sp³-hybridized carbons (Fsp3) is 0.391. The van der Waals surface area contributed by atoms with E-state index in [1.54, 1.807) is 45.0 Å². The van der Waals surface area contributed by atoms with Crippen LogP contribution in [0.25, 0.3) is 0 Å². The van der Waals surface area contributed by atoms with Crippen molar-refractivity contribution >= 4 is 21.9 Å². The fourth-order valence-electron chi connectivity index (χ4n) is 3.37.